The van der Waals surface area contributed by atoms with Crippen molar-refractivity contribution < 1.29 is 0 Å². The summed E-state index contributed by atoms with van der Waals surface area (Å²) < 4.78 is 2.01. The van der Waals surface area contributed by atoms with Crippen molar-refractivity contribution in [2.45, 2.75) is 38.3 Å². The Hall–Kier alpha value is -2.44. The van der Waals surface area contributed by atoms with Crippen molar-refractivity contribution >= 4 is 11.5 Å². The summed E-state index contributed by atoms with van der Waals surface area (Å²) in [6, 6.07) is 0.826. The molecule has 3 aromatic heterocycles. The van der Waals surface area contributed by atoms with Gasteiger partial charge in [-0.15, -0.1) is 10.2 Å². The van der Waals surface area contributed by atoms with Crippen LogP contribution in [0.3, 0.4) is 0 Å². The summed E-state index contributed by atoms with van der Waals surface area (Å²) in [4.78, 5) is 7.03. The number of anilines is 1. The largest absolute Gasteiger partial charge is 0.343 e. The molecule has 21 heavy (non-hydrogen) atoms. The Kier molecular flexibility index (Phi) is 2.04. The maximum Gasteiger partial charge on any atom is 0.203 e. The van der Waals surface area contributed by atoms with Gasteiger partial charge < -0.3 is 4.90 Å². The third-order valence-corrected chi connectivity index (χ3v) is 4.78. The lowest BCUT2D eigenvalue weighted by Gasteiger charge is -2.35. The molecule has 2 atom stereocenters. The van der Waals surface area contributed by atoms with Crippen molar-refractivity contribution in [3.63, 3.8) is 0 Å². The molecule has 1 saturated heterocycles. The van der Waals surface area contributed by atoms with E-state index in [2.05, 4.69) is 30.3 Å². The zero-order chi connectivity index (χ0) is 14.0. The van der Waals surface area contributed by atoms with E-state index < -0.39 is 0 Å². The Morgan fingerprint density at radius 2 is 2.24 bits per heavy atom. The maximum atomic E-state index is 4.61. The van der Waals surface area contributed by atoms with E-state index in [1.165, 1.54) is 17.7 Å². The number of H-pyrrole nitrogens is 1. The molecular formula is C14H15N7. The second-order valence-electron chi connectivity index (χ2n) is 5.85. The highest BCUT2D eigenvalue weighted by Crippen LogP contribution is 2.45. The SMILES string of the molecule is Cc1nnc2c(N3C4CCC3c3cn[nH]c3C4)nccn12. The highest BCUT2D eigenvalue weighted by atomic mass is 15.3. The molecule has 2 unspecified atom stereocenters. The zero-order valence-electron chi connectivity index (χ0n) is 11.7. The minimum Gasteiger partial charge on any atom is -0.343 e. The van der Waals surface area contributed by atoms with Crippen LogP contribution >= 0.6 is 0 Å². The van der Waals surface area contributed by atoms with E-state index in [-0.39, 0.29) is 0 Å². The second-order valence-corrected chi connectivity index (χ2v) is 5.85. The average Bonchev–Trinajstić information content (AvgIpc) is 3.18. The molecule has 7 heteroatoms. The summed E-state index contributed by atoms with van der Waals surface area (Å²) in [5.41, 5.74) is 3.44. The first-order valence-corrected chi connectivity index (χ1v) is 7.30. The first-order chi connectivity index (χ1) is 10.3. The smallest absolute Gasteiger partial charge is 0.203 e. The summed E-state index contributed by atoms with van der Waals surface area (Å²) in [7, 11) is 0. The van der Waals surface area contributed by atoms with Crippen LogP contribution in [0.25, 0.3) is 5.65 Å². The van der Waals surface area contributed by atoms with E-state index >= 15 is 0 Å². The number of hydrogen-bond donors (Lipinski definition) is 1. The number of nitrogens with zero attached hydrogens (tertiary/aromatic N) is 6. The van der Waals surface area contributed by atoms with Gasteiger partial charge in [-0.1, -0.05) is 0 Å². The van der Waals surface area contributed by atoms with Crippen LogP contribution in [0.2, 0.25) is 0 Å². The highest BCUT2D eigenvalue weighted by molar-refractivity contribution is 5.66. The fourth-order valence-electron chi connectivity index (χ4n) is 3.83. The van der Waals surface area contributed by atoms with Gasteiger partial charge in [0.25, 0.3) is 0 Å². The summed E-state index contributed by atoms with van der Waals surface area (Å²) >= 11 is 0. The lowest BCUT2D eigenvalue weighted by molar-refractivity contribution is 0.586. The lowest BCUT2D eigenvalue weighted by atomic mass is 10.0. The number of rotatable bonds is 1. The van der Waals surface area contributed by atoms with Crippen LogP contribution in [0.5, 0.6) is 0 Å². The van der Waals surface area contributed by atoms with Gasteiger partial charge >= 0.3 is 0 Å². The van der Waals surface area contributed by atoms with Crippen molar-refractivity contribution in [3.8, 4) is 0 Å². The second kappa shape index (κ2) is 3.81. The molecule has 0 aliphatic carbocycles. The zero-order valence-corrected chi connectivity index (χ0v) is 11.7. The number of hydrogen-bond acceptors (Lipinski definition) is 5. The molecule has 0 aromatic carbocycles. The summed E-state index contributed by atoms with van der Waals surface area (Å²) in [5, 5.41) is 15.9. The van der Waals surface area contributed by atoms with Gasteiger partial charge in [0.2, 0.25) is 5.65 Å². The van der Waals surface area contributed by atoms with E-state index in [4.69, 9.17) is 0 Å². The van der Waals surface area contributed by atoms with Crippen LogP contribution in [0.1, 0.15) is 36.0 Å². The molecular weight excluding hydrogens is 266 g/mol. The van der Waals surface area contributed by atoms with Crippen LogP contribution < -0.4 is 4.90 Å². The molecule has 2 aliphatic heterocycles. The van der Waals surface area contributed by atoms with Crippen molar-refractivity contribution in [3.05, 3.63) is 35.7 Å². The van der Waals surface area contributed by atoms with Gasteiger partial charge in [-0.05, 0) is 19.8 Å². The van der Waals surface area contributed by atoms with Gasteiger partial charge in [0.05, 0.1) is 12.2 Å². The molecule has 106 valence electrons. The molecule has 5 rings (SSSR count). The fraction of sp³-hybridized carbons (Fsp3) is 0.429. The summed E-state index contributed by atoms with van der Waals surface area (Å²) in [6.45, 7) is 1.96. The lowest BCUT2D eigenvalue weighted by Crippen LogP contribution is -2.38. The van der Waals surface area contributed by atoms with Crippen molar-refractivity contribution in [1.29, 1.82) is 0 Å². The molecule has 7 nitrogen and oxygen atoms in total. The Labute approximate surface area is 121 Å². The molecule has 2 aliphatic rings. The molecule has 2 bridgehead atoms. The Morgan fingerprint density at radius 1 is 1.29 bits per heavy atom. The topological polar surface area (TPSA) is 75.0 Å². The molecule has 0 saturated carbocycles. The fourth-order valence-corrected chi connectivity index (χ4v) is 3.83. The third kappa shape index (κ3) is 1.38. The van der Waals surface area contributed by atoms with Crippen LogP contribution in [-0.2, 0) is 6.42 Å². The van der Waals surface area contributed by atoms with Crippen LogP contribution in [0, 0.1) is 6.92 Å². The monoisotopic (exact) mass is 281 g/mol. The molecule has 0 amide bonds. The molecule has 0 radical (unpaired) electrons. The van der Waals surface area contributed by atoms with Crippen molar-refractivity contribution in [2.24, 2.45) is 0 Å². The molecule has 0 spiro atoms. The van der Waals surface area contributed by atoms with Gasteiger partial charge in [-0.3, -0.25) is 9.50 Å². The van der Waals surface area contributed by atoms with E-state index in [0.717, 1.165) is 30.1 Å². The van der Waals surface area contributed by atoms with Gasteiger partial charge in [-0.25, -0.2) is 4.98 Å². The Morgan fingerprint density at radius 3 is 3.19 bits per heavy atom. The molecule has 1 fully saturated rings. The van der Waals surface area contributed by atoms with Crippen molar-refractivity contribution in [1.82, 2.24) is 29.8 Å². The Bertz CT molecular complexity index is 833. The highest BCUT2D eigenvalue weighted by Gasteiger charge is 2.42. The first-order valence-electron chi connectivity index (χ1n) is 7.30. The van der Waals surface area contributed by atoms with Crippen LogP contribution in [0.4, 0.5) is 5.82 Å². The predicted molar refractivity (Wildman–Crippen MR) is 76.1 cm³/mol. The minimum atomic E-state index is 0.355. The van der Waals surface area contributed by atoms with Crippen molar-refractivity contribution in [2.75, 3.05) is 4.90 Å². The number of aromatic amines is 1. The van der Waals surface area contributed by atoms with E-state index in [0.29, 0.717) is 12.1 Å². The average molecular weight is 281 g/mol. The van der Waals surface area contributed by atoms with Gasteiger partial charge in [0.15, 0.2) is 5.82 Å². The van der Waals surface area contributed by atoms with Gasteiger partial charge in [-0.2, -0.15) is 5.10 Å². The van der Waals surface area contributed by atoms with E-state index in [1.54, 1.807) is 0 Å². The summed E-state index contributed by atoms with van der Waals surface area (Å²) in [6.07, 6.45) is 9.05. The van der Waals surface area contributed by atoms with E-state index in [9.17, 15) is 0 Å². The molecule has 5 heterocycles. The standard InChI is InChI=1S/C14H15N7/c1-8-17-19-14-13(15-4-5-20(8)14)21-9-2-3-12(21)10-7-16-18-11(10)6-9/h4-5,7,9,12H,2-3,6H2,1H3,(H,16,18). The third-order valence-electron chi connectivity index (χ3n) is 4.78. The number of aromatic nitrogens is 6. The van der Waals surface area contributed by atoms with Crippen LogP contribution in [-0.4, -0.2) is 35.8 Å². The summed E-state index contributed by atoms with van der Waals surface area (Å²) in [5.74, 6) is 1.83. The normalized spacial score (nSPS) is 23.8. The Balaban J connectivity index is 1.71. The van der Waals surface area contributed by atoms with E-state index in [1.807, 2.05) is 29.9 Å². The number of fused-ring (bicyclic) bond motifs is 5. The van der Waals surface area contributed by atoms with Gasteiger partial charge in [0.1, 0.15) is 5.82 Å². The molecule has 3 aromatic rings. The molecule has 1 N–H and O–H groups in total. The maximum absolute atomic E-state index is 4.61. The first kappa shape index (κ1) is 11.2. The number of nitrogens with one attached hydrogen (secondary N) is 1. The predicted octanol–water partition coefficient (Wildman–Crippen LogP) is 1.42. The number of aryl methyl sites for hydroxylation is 1. The quantitative estimate of drug-likeness (QED) is 0.730. The van der Waals surface area contributed by atoms with Crippen LogP contribution in [0.15, 0.2) is 18.6 Å². The minimum absolute atomic E-state index is 0.355. The van der Waals surface area contributed by atoms with Gasteiger partial charge in [0, 0.05) is 36.1 Å².